The maximum Gasteiger partial charge on any atom is 0.0544 e. The zero-order chi connectivity index (χ0) is 10.7. The van der Waals surface area contributed by atoms with Crippen molar-refractivity contribution in [3.63, 3.8) is 0 Å². The summed E-state index contributed by atoms with van der Waals surface area (Å²) in [6.45, 7) is 0.864. The van der Waals surface area contributed by atoms with Crippen molar-refractivity contribution < 1.29 is 0 Å². The molecule has 0 spiro atoms. The third kappa shape index (κ3) is 2.31. The second-order valence-electron chi connectivity index (χ2n) is 3.67. The van der Waals surface area contributed by atoms with E-state index in [9.17, 15) is 0 Å². The van der Waals surface area contributed by atoms with Gasteiger partial charge in [0.1, 0.15) is 0 Å². The number of nitrogens with zero attached hydrogens (tertiary/aromatic N) is 1. The van der Waals surface area contributed by atoms with Gasteiger partial charge in [0.25, 0.3) is 0 Å². The molecule has 0 fully saturated rings. The fourth-order valence-electron chi connectivity index (χ4n) is 1.61. The first-order chi connectivity index (χ1) is 7.25. The first-order valence-electron chi connectivity index (χ1n) is 4.94. The standard InChI is InChI=1S/C12H15N3/c1-15(12-5-6-14-8-12)9-10-3-2-4-11(13)7-10/h2-8,14H,9,13H2,1H3. The second-order valence-corrected chi connectivity index (χ2v) is 3.67. The van der Waals surface area contributed by atoms with Gasteiger partial charge in [-0.25, -0.2) is 0 Å². The molecule has 78 valence electrons. The molecule has 1 aromatic carbocycles. The molecule has 1 heterocycles. The SMILES string of the molecule is CN(Cc1cccc(N)c1)c1cc[nH]c1. The number of hydrogen-bond donors (Lipinski definition) is 2. The van der Waals surface area contributed by atoms with Crippen molar-refractivity contribution in [1.82, 2.24) is 4.98 Å². The molecule has 0 saturated heterocycles. The van der Waals surface area contributed by atoms with Crippen LogP contribution in [-0.4, -0.2) is 12.0 Å². The van der Waals surface area contributed by atoms with Crippen molar-refractivity contribution in [3.05, 3.63) is 48.3 Å². The number of benzene rings is 1. The molecule has 1 aromatic heterocycles. The van der Waals surface area contributed by atoms with E-state index in [4.69, 9.17) is 5.73 Å². The lowest BCUT2D eigenvalue weighted by atomic mass is 10.2. The van der Waals surface area contributed by atoms with Gasteiger partial charge in [0.05, 0.1) is 5.69 Å². The van der Waals surface area contributed by atoms with Gasteiger partial charge in [-0.2, -0.15) is 0 Å². The van der Waals surface area contributed by atoms with E-state index in [0.717, 1.165) is 12.2 Å². The third-order valence-electron chi connectivity index (χ3n) is 2.39. The van der Waals surface area contributed by atoms with Crippen molar-refractivity contribution >= 4 is 11.4 Å². The van der Waals surface area contributed by atoms with Crippen molar-refractivity contribution in [2.24, 2.45) is 0 Å². The minimum absolute atomic E-state index is 0.815. The van der Waals surface area contributed by atoms with Gasteiger partial charge in [-0.1, -0.05) is 12.1 Å². The fraction of sp³-hybridized carbons (Fsp3) is 0.167. The van der Waals surface area contributed by atoms with Crippen LogP contribution < -0.4 is 10.6 Å². The maximum absolute atomic E-state index is 5.73. The molecular weight excluding hydrogens is 186 g/mol. The Morgan fingerprint density at radius 1 is 1.33 bits per heavy atom. The number of aromatic nitrogens is 1. The zero-order valence-corrected chi connectivity index (χ0v) is 8.77. The van der Waals surface area contributed by atoms with Crippen LogP contribution in [0.15, 0.2) is 42.7 Å². The summed E-state index contributed by atoms with van der Waals surface area (Å²) >= 11 is 0. The first kappa shape index (κ1) is 9.65. The van der Waals surface area contributed by atoms with E-state index < -0.39 is 0 Å². The Kier molecular flexibility index (Phi) is 2.63. The number of H-pyrrole nitrogens is 1. The first-order valence-corrected chi connectivity index (χ1v) is 4.94. The molecule has 0 aliphatic heterocycles. The van der Waals surface area contributed by atoms with Gasteiger partial charge in [0, 0.05) is 31.7 Å². The summed E-state index contributed by atoms with van der Waals surface area (Å²) in [7, 11) is 2.06. The molecule has 2 rings (SSSR count). The van der Waals surface area contributed by atoms with Crippen LogP contribution in [0.3, 0.4) is 0 Å². The second kappa shape index (κ2) is 4.09. The van der Waals surface area contributed by atoms with Crippen LogP contribution in [-0.2, 0) is 6.54 Å². The summed E-state index contributed by atoms with van der Waals surface area (Å²) in [4.78, 5) is 5.21. The van der Waals surface area contributed by atoms with E-state index in [-0.39, 0.29) is 0 Å². The summed E-state index contributed by atoms with van der Waals surface area (Å²) in [5.41, 5.74) is 8.94. The molecule has 3 N–H and O–H groups in total. The van der Waals surface area contributed by atoms with E-state index >= 15 is 0 Å². The highest BCUT2D eigenvalue weighted by atomic mass is 15.1. The summed E-state index contributed by atoms with van der Waals surface area (Å²) in [5.74, 6) is 0. The Bertz CT molecular complexity index is 420. The highest BCUT2D eigenvalue weighted by Gasteiger charge is 2.01. The minimum Gasteiger partial charge on any atom is -0.399 e. The van der Waals surface area contributed by atoms with Crippen molar-refractivity contribution in [3.8, 4) is 0 Å². The maximum atomic E-state index is 5.73. The number of rotatable bonds is 3. The van der Waals surface area contributed by atoms with Crippen LogP contribution in [0.2, 0.25) is 0 Å². The van der Waals surface area contributed by atoms with Gasteiger partial charge in [0.2, 0.25) is 0 Å². The number of aromatic amines is 1. The van der Waals surface area contributed by atoms with Gasteiger partial charge >= 0.3 is 0 Å². The quantitative estimate of drug-likeness (QED) is 0.748. The molecule has 0 atom stereocenters. The molecule has 0 aliphatic rings. The Morgan fingerprint density at radius 3 is 2.87 bits per heavy atom. The summed E-state index contributed by atoms with van der Waals surface area (Å²) in [6, 6.07) is 10.0. The fourth-order valence-corrected chi connectivity index (χ4v) is 1.61. The molecule has 0 bridgehead atoms. The van der Waals surface area contributed by atoms with E-state index in [2.05, 4.69) is 23.0 Å². The lowest BCUT2D eigenvalue weighted by molar-refractivity contribution is 0.925. The lowest BCUT2D eigenvalue weighted by Crippen LogP contribution is -2.15. The zero-order valence-electron chi connectivity index (χ0n) is 8.77. The highest BCUT2D eigenvalue weighted by Crippen LogP contribution is 2.15. The lowest BCUT2D eigenvalue weighted by Gasteiger charge is -2.17. The molecular formula is C12H15N3. The Morgan fingerprint density at radius 2 is 2.20 bits per heavy atom. The van der Waals surface area contributed by atoms with E-state index in [0.29, 0.717) is 0 Å². The Balaban J connectivity index is 2.09. The van der Waals surface area contributed by atoms with Crippen LogP contribution in [0.5, 0.6) is 0 Å². The molecule has 0 radical (unpaired) electrons. The topological polar surface area (TPSA) is 45.0 Å². The van der Waals surface area contributed by atoms with Crippen LogP contribution in [0.1, 0.15) is 5.56 Å². The summed E-state index contributed by atoms with van der Waals surface area (Å²) in [5, 5.41) is 0. The number of nitrogens with one attached hydrogen (secondary N) is 1. The largest absolute Gasteiger partial charge is 0.399 e. The number of anilines is 2. The molecule has 0 amide bonds. The Hall–Kier alpha value is -1.90. The molecule has 3 nitrogen and oxygen atoms in total. The molecule has 3 heteroatoms. The van der Waals surface area contributed by atoms with Crippen molar-refractivity contribution in [2.45, 2.75) is 6.54 Å². The van der Waals surface area contributed by atoms with Gasteiger partial charge in [0.15, 0.2) is 0 Å². The van der Waals surface area contributed by atoms with Gasteiger partial charge < -0.3 is 15.6 Å². The highest BCUT2D eigenvalue weighted by molar-refractivity contribution is 5.46. The molecule has 15 heavy (non-hydrogen) atoms. The number of nitrogens with two attached hydrogens (primary N) is 1. The van der Waals surface area contributed by atoms with Gasteiger partial charge in [-0.05, 0) is 23.8 Å². The smallest absolute Gasteiger partial charge is 0.0544 e. The van der Waals surface area contributed by atoms with Crippen LogP contribution in [0.4, 0.5) is 11.4 Å². The normalized spacial score (nSPS) is 10.2. The van der Waals surface area contributed by atoms with E-state index in [1.54, 1.807) is 0 Å². The minimum atomic E-state index is 0.815. The summed E-state index contributed by atoms with van der Waals surface area (Å²) < 4.78 is 0. The van der Waals surface area contributed by atoms with E-state index in [1.165, 1.54) is 11.3 Å². The number of nitrogen functional groups attached to an aromatic ring is 1. The predicted molar refractivity (Wildman–Crippen MR) is 63.8 cm³/mol. The van der Waals surface area contributed by atoms with Crippen LogP contribution in [0, 0.1) is 0 Å². The van der Waals surface area contributed by atoms with Crippen molar-refractivity contribution in [1.29, 1.82) is 0 Å². The van der Waals surface area contributed by atoms with Crippen LogP contribution in [0.25, 0.3) is 0 Å². The average Bonchev–Trinajstić information content (AvgIpc) is 2.70. The molecule has 0 unspecified atom stereocenters. The molecule has 2 aromatic rings. The monoisotopic (exact) mass is 201 g/mol. The predicted octanol–water partition coefficient (Wildman–Crippen LogP) is 2.23. The van der Waals surface area contributed by atoms with Crippen LogP contribution >= 0.6 is 0 Å². The van der Waals surface area contributed by atoms with Gasteiger partial charge in [-0.3, -0.25) is 0 Å². The average molecular weight is 201 g/mol. The van der Waals surface area contributed by atoms with E-state index in [1.807, 2.05) is 36.7 Å². The van der Waals surface area contributed by atoms with Crippen molar-refractivity contribution in [2.75, 3.05) is 17.7 Å². The Labute approximate surface area is 89.5 Å². The summed E-state index contributed by atoms with van der Waals surface area (Å²) in [6.07, 6.45) is 3.90. The molecule has 0 aliphatic carbocycles. The molecule has 0 saturated carbocycles. The van der Waals surface area contributed by atoms with Gasteiger partial charge in [-0.15, -0.1) is 0 Å². The third-order valence-corrected chi connectivity index (χ3v) is 2.39. The number of hydrogen-bond acceptors (Lipinski definition) is 2.